The zero-order chi connectivity index (χ0) is 19.7. The highest BCUT2D eigenvalue weighted by atomic mass is 32.1. The first-order chi connectivity index (χ1) is 13.6. The molecule has 2 amide bonds. The van der Waals surface area contributed by atoms with Crippen LogP contribution >= 0.6 is 11.3 Å². The van der Waals surface area contributed by atoms with E-state index in [9.17, 15) is 14.0 Å². The lowest BCUT2D eigenvalue weighted by atomic mass is 10.1. The number of rotatable bonds is 4. The van der Waals surface area contributed by atoms with Crippen LogP contribution in [0.3, 0.4) is 0 Å². The van der Waals surface area contributed by atoms with Crippen molar-refractivity contribution in [2.24, 2.45) is 0 Å². The first kappa shape index (κ1) is 18.3. The van der Waals surface area contributed by atoms with Crippen LogP contribution in [0.25, 0.3) is 16.4 Å². The van der Waals surface area contributed by atoms with Gasteiger partial charge in [-0.2, -0.15) is 0 Å². The van der Waals surface area contributed by atoms with Gasteiger partial charge < -0.3 is 10.2 Å². The van der Waals surface area contributed by atoms with Gasteiger partial charge in [-0.3, -0.25) is 9.59 Å². The van der Waals surface area contributed by atoms with Crippen molar-refractivity contribution in [2.45, 2.75) is 19.4 Å². The Kier molecular flexibility index (Phi) is 4.91. The molecular formula is C19H18FN5O2S. The van der Waals surface area contributed by atoms with Crippen LogP contribution in [0.2, 0.25) is 0 Å². The van der Waals surface area contributed by atoms with E-state index in [-0.39, 0.29) is 11.7 Å². The van der Waals surface area contributed by atoms with Gasteiger partial charge in [-0.05, 0) is 36.1 Å². The number of hydrogen-bond acceptors (Lipinski definition) is 5. The Morgan fingerprint density at radius 1 is 1.36 bits per heavy atom. The quantitative estimate of drug-likeness (QED) is 0.731. The van der Waals surface area contributed by atoms with Crippen LogP contribution in [0.1, 0.15) is 24.0 Å². The Balaban J connectivity index is 1.77. The highest BCUT2D eigenvalue weighted by molar-refractivity contribution is 7.13. The Hall–Kier alpha value is -3.07. The van der Waals surface area contributed by atoms with Crippen molar-refractivity contribution >= 4 is 23.2 Å². The molecule has 1 atom stereocenters. The third kappa shape index (κ3) is 3.29. The average molecular weight is 399 g/mol. The van der Waals surface area contributed by atoms with Crippen molar-refractivity contribution < 1.29 is 14.0 Å². The SMILES string of the molecule is CCC1C(=O)NCCN1C(=O)c1nc(-c2cccs2)n(-c2cccc(F)c2)n1. The van der Waals surface area contributed by atoms with Gasteiger partial charge in [0.1, 0.15) is 11.9 Å². The molecule has 3 aromatic rings. The number of nitrogens with one attached hydrogen (secondary N) is 1. The van der Waals surface area contributed by atoms with E-state index >= 15 is 0 Å². The van der Waals surface area contributed by atoms with Gasteiger partial charge in [0.05, 0.1) is 10.6 Å². The second-order valence-electron chi connectivity index (χ2n) is 6.34. The van der Waals surface area contributed by atoms with Gasteiger partial charge in [0, 0.05) is 13.1 Å². The van der Waals surface area contributed by atoms with Crippen LogP contribution in [0, 0.1) is 5.82 Å². The second kappa shape index (κ2) is 7.51. The number of piperazine rings is 1. The lowest BCUT2D eigenvalue weighted by Crippen LogP contribution is -2.57. The smallest absolute Gasteiger partial charge is 0.294 e. The van der Waals surface area contributed by atoms with E-state index in [1.807, 2.05) is 24.4 Å². The maximum Gasteiger partial charge on any atom is 0.294 e. The summed E-state index contributed by atoms with van der Waals surface area (Å²) in [5.74, 6) is -0.546. The summed E-state index contributed by atoms with van der Waals surface area (Å²) < 4.78 is 15.2. The zero-order valence-electron chi connectivity index (χ0n) is 15.1. The highest BCUT2D eigenvalue weighted by Gasteiger charge is 2.34. The predicted octanol–water partition coefficient (Wildman–Crippen LogP) is 2.49. The topological polar surface area (TPSA) is 80.1 Å². The molecule has 0 spiro atoms. The lowest BCUT2D eigenvalue weighted by Gasteiger charge is -2.33. The number of thiophene rings is 1. The minimum atomic E-state index is -0.549. The number of benzene rings is 1. The van der Waals surface area contributed by atoms with Crippen molar-refractivity contribution in [3.05, 3.63) is 53.4 Å². The fraction of sp³-hybridized carbons (Fsp3) is 0.263. The molecule has 3 heterocycles. The number of carbonyl (C=O) groups is 2. The van der Waals surface area contributed by atoms with Crippen LogP contribution in [-0.2, 0) is 4.79 Å². The summed E-state index contributed by atoms with van der Waals surface area (Å²) in [5, 5.41) is 9.03. The fourth-order valence-electron chi connectivity index (χ4n) is 3.25. The summed E-state index contributed by atoms with van der Waals surface area (Å²) in [6.07, 6.45) is 0.500. The molecule has 1 aliphatic heterocycles. The molecule has 0 bridgehead atoms. The highest BCUT2D eigenvalue weighted by Crippen LogP contribution is 2.26. The Morgan fingerprint density at radius 2 is 2.21 bits per heavy atom. The first-order valence-corrected chi connectivity index (χ1v) is 9.82. The van der Waals surface area contributed by atoms with Crippen LogP contribution in [0.5, 0.6) is 0 Å². The maximum atomic E-state index is 13.7. The molecule has 4 rings (SSSR count). The Labute approximate surface area is 164 Å². The molecule has 2 aromatic heterocycles. The number of aromatic nitrogens is 3. The van der Waals surface area contributed by atoms with E-state index < -0.39 is 17.8 Å². The fourth-order valence-corrected chi connectivity index (χ4v) is 3.95. The summed E-state index contributed by atoms with van der Waals surface area (Å²) in [4.78, 5) is 31.9. The Morgan fingerprint density at radius 3 is 2.93 bits per heavy atom. The third-order valence-electron chi connectivity index (χ3n) is 4.57. The molecular weight excluding hydrogens is 381 g/mol. The number of hydrogen-bond donors (Lipinski definition) is 1. The van der Waals surface area contributed by atoms with E-state index in [2.05, 4.69) is 15.4 Å². The van der Waals surface area contributed by atoms with E-state index in [1.165, 1.54) is 33.1 Å². The summed E-state index contributed by atoms with van der Waals surface area (Å²) >= 11 is 1.45. The van der Waals surface area contributed by atoms with Crippen molar-refractivity contribution in [3.8, 4) is 16.4 Å². The molecule has 1 aromatic carbocycles. The number of halogens is 1. The summed E-state index contributed by atoms with van der Waals surface area (Å²) in [6, 6.07) is 9.14. The van der Waals surface area contributed by atoms with E-state index in [0.717, 1.165) is 4.88 Å². The van der Waals surface area contributed by atoms with E-state index in [4.69, 9.17) is 0 Å². The van der Waals surface area contributed by atoms with Gasteiger partial charge in [0.15, 0.2) is 5.82 Å². The van der Waals surface area contributed by atoms with Gasteiger partial charge in [0.2, 0.25) is 11.7 Å². The van der Waals surface area contributed by atoms with E-state index in [1.54, 1.807) is 12.1 Å². The molecule has 0 aliphatic carbocycles. The predicted molar refractivity (Wildman–Crippen MR) is 103 cm³/mol. The van der Waals surface area contributed by atoms with Gasteiger partial charge in [-0.25, -0.2) is 14.1 Å². The molecule has 144 valence electrons. The maximum absolute atomic E-state index is 13.7. The second-order valence-corrected chi connectivity index (χ2v) is 7.29. The van der Waals surface area contributed by atoms with Crippen LogP contribution in [0.15, 0.2) is 41.8 Å². The zero-order valence-corrected chi connectivity index (χ0v) is 15.9. The minimum Gasteiger partial charge on any atom is -0.353 e. The molecule has 1 aliphatic rings. The standard InChI is InChI=1S/C19H18FN5O2S/c1-2-14-18(26)21-8-9-24(14)19(27)16-22-17(15-7-4-10-28-15)25(23-16)13-6-3-5-12(20)11-13/h3-7,10-11,14H,2,8-9H2,1H3,(H,21,26). The van der Waals surface area contributed by atoms with Crippen molar-refractivity contribution in [2.75, 3.05) is 13.1 Å². The molecule has 7 nitrogen and oxygen atoms in total. The number of amides is 2. The van der Waals surface area contributed by atoms with Crippen LogP contribution < -0.4 is 5.32 Å². The van der Waals surface area contributed by atoms with E-state index in [0.29, 0.717) is 31.0 Å². The van der Waals surface area contributed by atoms with Crippen molar-refractivity contribution in [1.29, 1.82) is 0 Å². The molecule has 1 fully saturated rings. The summed E-state index contributed by atoms with van der Waals surface area (Å²) in [5.41, 5.74) is 0.471. The largest absolute Gasteiger partial charge is 0.353 e. The van der Waals surface area contributed by atoms with Gasteiger partial charge in [0.25, 0.3) is 5.91 Å². The lowest BCUT2D eigenvalue weighted by molar-refractivity contribution is -0.127. The Bertz CT molecular complexity index is 1020. The van der Waals surface area contributed by atoms with Gasteiger partial charge in [-0.1, -0.05) is 19.1 Å². The molecule has 1 saturated heterocycles. The molecule has 1 N–H and O–H groups in total. The van der Waals surface area contributed by atoms with Gasteiger partial charge in [-0.15, -0.1) is 16.4 Å². The average Bonchev–Trinajstić information content (AvgIpc) is 3.37. The molecule has 9 heteroatoms. The van der Waals surface area contributed by atoms with Crippen molar-refractivity contribution in [3.63, 3.8) is 0 Å². The van der Waals surface area contributed by atoms with Crippen LogP contribution in [0.4, 0.5) is 4.39 Å². The molecule has 28 heavy (non-hydrogen) atoms. The van der Waals surface area contributed by atoms with Crippen molar-refractivity contribution in [1.82, 2.24) is 25.0 Å². The minimum absolute atomic E-state index is 0.0131. The molecule has 0 radical (unpaired) electrons. The number of nitrogens with zero attached hydrogens (tertiary/aromatic N) is 4. The number of carbonyl (C=O) groups excluding carboxylic acids is 2. The molecule has 0 saturated carbocycles. The summed E-state index contributed by atoms with van der Waals surface area (Å²) in [6.45, 7) is 2.64. The monoisotopic (exact) mass is 399 g/mol. The first-order valence-electron chi connectivity index (χ1n) is 8.94. The summed E-state index contributed by atoms with van der Waals surface area (Å²) in [7, 11) is 0. The third-order valence-corrected chi connectivity index (χ3v) is 5.44. The van der Waals surface area contributed by atoms with Gasteiger partial charge >= 0.3 is 0 Å². The molecule has 1 unspecified atom stereocenters. The normalized spacial score (nSPS) is 16.9. The van der Waals surface area contributed by atoms with Crippen LogP contribution in [-0.4, -0.2) is 50.6 Å².